The maximum Gasteiger partial charge on any atom is 0.450 e. The lowest BCUT2D eigenvalue weighted by Gasteiger charge is -2.33. The largest absolute Gasteiger partial charge is 0.450 e. The molecule has 41 heavy (non-hydrogen) atoms. The van der Waals surface area contributed by atoms with E-state index in [9.17, 15) is 34.8 Å². The van der Waals surface area contributed by atoms with Crippen LogP contribution in [-0.2, 0) is 19.5 Å². The fourth-order valence-corrected chi connectivity index (χ4v) is 7.87. The molecule has 0 aliphatic heterocycles. The van der Waals surface area contributed by atoms with E-state index < -0.39 is 44.3 Å². The Morgan fingerprint density at radius 2 is 1.12 bits per heavy atom. The van der Waals surface area contributed by atoms with Crippen molar-refractivity contribution in [3.63, 3.8) is 0 Å². The van der Waals surface area contributed by atoms with Crippen LogP contribution in [0.4, 0.5) is 26.3 Å². The summed E-state index contributed by atoms with van der Waals surface area (Å²) in [5, 5.41) is -1.35. The highest BCUT2D eigenvalue weighted by atomic mass is 32.2. The van der Waals surface area contributed by atoms with Gasteiger partial charge >= 0.3 is 26.5 Å². The van der Waals surface area contributed by atoms with Crippen LogP contribution in [0.5, 0.6) is 5.75 Å². The minimum atomic E-state index is -6.67. The van der Waals surface area contributed by atoms with Crippen LogP contribution in [0.2, 0.25) is 0 Å². The molecule has 3 fully saturated rings. The molecule has 234 valence electrons. The molecule has 0 radical (unpaired) electrons. The van der Waals surface area contributed by atoms with Gasteiger partial charge < -0.3 is 4.18 Å². The molecule has 0 saturated heterocycles. The molecular weight excluding hydrogens is 598 g/mol. The first-order valence-electron chi connectivity index (χ1n) is 14.2. The van der Waals surface area contributed by atoms with Gasteiger partial charge in [-0.15, -0.1) is 4.33 Å². The molecular formula is C27H36F6O6S2. The molecule has 4 rings (SSSR count). The van der Waals surface area contributed by atoms with E-state index in [1.54, 1.807) is 12.1 Å². The zero-order valence-electron chi connectivity index (χ0n) is 22.6. The number of benzene rings is 1. The Hall–Kier alpha value is -1.22. The summed E-state index contributed by atoms with van der Waals surface area (Å²) in [6, 6.07) is 3.55. The Kier molecular flexibility index (Phi) is 10.5. The topological polar surface area (TPSA) is 82.1 Å². The van der Waals surface area contributed by atoms with Crippen molar-refractivity contribution in [3.05, 3.63) is 28.8 Å². The van der Waals surface area contributed by atoms with Gasteiger partial charge in [-0.2, -0.15) is 34.8 Å². The monoisotopic (exact) mass is 634 g/mol. The lowest BCUT2D eigenvalue weighted by atomic mass is 9.75. The van der Waals surface area contributed by atoms with Gasteiger partial charge in [0, 0.05) is 0 Å². The minimum Gasteiger partial charge on any atom is -0.377 e. The average Bonchev–Trinajstić information content (AvgIpc) is 2.97. The maximum absolute atomic E-state index is 15.0. The highest BCUT2D eigenvalue weighted by molar-refractivity contribution is 7.95. The predicted molar refractivity (Wildman–Crippen MR) is 141 cm³/mol. The first kappa shape index (κ1) is 32.7. The van der Waals surface area contributed by atoms with E-state index in [0.29, 0.717) is 36.8 Å². The second-order valence-corrected chi connectivity index (χ2v) is 13.8. The molecule has 3 saturated carbocycles. The van der Waals surface area contributed by atoms with E-state index in [0.717, 1.165) is 76.2 Å². The number of halogens is 6. The smallest absolute Gasteiger partial charge is 0.377 e. The second-order valence-electron chi connectivity index (χ2n) is 11.4. The summed E-state index contributed by atoms with van der Waals surface area (Å²) in [7, 11) is -6.67. The predicted octanol–water partition coefficient (Wildman–Crippen LogP) is 9.43. The maximum atomic E-state index is 15.0. The van der Waals surface area contributed by atoms with Crippen molar-refractivity contribution in [2.24, 2.45) is 0 Å². The first-order chi connectivity index (χ1) is 19.3. The van der Waals surface area contributed by atoms with E-state index in [-0.39, 0.29) is 17.8 Å². The molecule has 0 heterocycles. The fraction of sp³-hybridized carbons (Fsp3) is 0.778. The van der Waals surface area contributed by atoms with E-state index in [1.807, 2.05) is 0 Å². The third-order valence-corrected chi connectivity index (χ3v) is 10.6. The Bertz CT molecular complexity index is 1090. The molecule has 1 N–H and O–H groups in total. The first-order valence-corrected chi connectivity index (χ1v) is 16.4. The van der Waals surface area contributed by atoms with E-state index in [4.69, 9.17) is 9.44 Å². The van der Waals surface area contributed by atoms with E-state index in [2.05, 4.69) is 9.37 Å². The summed E-state index contributed by atoms with van der Waals surface area (Å²) in [5.74, 6) is -7.23. The lowest BCUT2D eigenvalue weighted by Crippen LogP contribution is -2.57. The standard InChI is InChI=1S/C27H36F6O6S2/c28-25(29,26(30,31)40-39-38-34)27(32,33)41(35,36)37-24-22(19-12-6-2-7-13-19)16-21(18-10-4-1-5-11-18)17-23(24)20-14-8-3-9-15-20/h16-20,34H,1-15H2. The molecule has 0 amide bonds. The second kappa shape index (κ2) is 13.2. The van der Waals surface area contributed by atoms with Gasteiger partial charge in [0.05, 0.1) is 0 Å². The molecule has 1 aromatic carbocycles. The van der Waals surface area contributed by atoms with E-state index in [1.165, 1.54) is 0 Å². The zero-order valence-corrected chi connectivity index (χ0v) is 24.2. The molecule has 3 aliphatic carbocycles. The number of alkyl halides is 6. The van der Waals surface area contributed by atoms with Crippen LogP contribution in [0.1, 0.15) is 131 Å². The van der Waals surface area contributed by atoms with Gasteiger partial charge in [-0.1, -0.05) is 75.0 Å². The molecule has 0 aromatic heterocycles. The van der Waals surface area contributed by atoms with Crippen LogP contribution in [0.15, 0.2) is 12.1 Å². The van der Waals surface area contributed by atoms with Crippen LogP contribution in [-0.4, -0.2) is 30.1 Å². The Labute approximate surface area is 240 Å². The zero-order chi connectivity index (χ0) is 29.9. The van der Waals surface area contributed by atoms with Crippen molar-refractivity contribution in [1.29, 1.82) is 0 Å². The lowest BCUT2D eigenvalue weighted by molar-refractivity contribution is -0.434. The summed E-state index contributed by atoms with van der Waals surface area (Å²) >= 11 is -1.65. The van der Waals surface area contributed by atoms with Crippen LogP contribution in [0.3, 0.4) is 0 Å². The normalized spacial score (nSPS) is 21.2. The SMILES string of the molecule is O=S(=O)(Oc1c(C2CCCCC2)cc(C2CCCCC2)cc1C1CCCCC1)C(F)(F)C(F)(F)C(F)(F)SOOO. The van der Waals surface area contributed by atoms with Crippen molar-refractivity contribution in [3.8, 4) is 5.75 Å². The third kappa shape index (κ3) is 6.81. The molecule has 14 heteroatoms. The van der Waals surface area contributed by atoms with Crippen LogP contribution < -0.4 is 4.18 Å². The van der Waals surface area contributed by atoms with Crippen LogP contribution in [0, 0.1) is 0 Å². The van der Waals surface area contributed by atoms with Crippen molar-refractivity contribution in [2.45, 2.75) is 130 Å². The summed E-state index contributed by atoms with van der Waals surface area (Å²) in [5.41, 5.74) is 1.69. The minimum absolute atomic E-state index is 0.189. The Balaban J connectivity index is 1.82. The van der Waals surface area contributed by atoms with Gasteiger partial charge in [0.2, 0.25) is 0 Å². The van der Waals surface area contributed by atoms with Crippen molar-refractivity contribution in [1.82, 2.24) is 0 Å². The van der Waals surface area contributed by atoms with Crippen molar-refractivity contribution in [2.75, 3.05) is 0 Å². The Morgan fingerprint density at radius 3 is 1.54 bits per heavy atom. The van der Waals surface area contributed by atoms with Crippen LogP contribution in [0.25, 0.3) is 0 Å². The van der Waals surface area contributed by atoms with Crippen molar-refractivity contribution < 1.29 is 53.6 Å². The van der Waals surface area contributed by atoms with Crippen molar-refractivity contribution >= 4 is 22.2 Å². The summed E-state index contributed by atoms with van der Waals surface area (Å²) < 4.78 is 121. The number of hydrogen-bond acceptors (Lipinski definition) is 7. The van der Waals surface area contributed by atoms with Gasteiger partial charge in [-0.05, 0) is 73.0 Å². The highest BCUT2D eigenvalue weighted by Gasteiger charge is 2.80. The molecule has 6 nitrogen and oxygen atoms in total. The summed E-state index contributed by atoms with van der Waals surface area (Å²) in [6.07, 6.45) is 12.7. The van der Waals surface area contributed by atoms with Gasteiger partial charge in [-0.3, -0.25) is 0 Å². The molecule has 0 bridgehead atoms. The van der Waals surface area contributed by atoms with Crippen LogP contribution >= 0.6 is 12.0 Å². The molecule has 0 atom stereocenters. The number of rotatable bonds is 11. The fourth-order valence-electron chi connectivity index (χ4n) is 6.50. The summed E-state index contributed by atoms with van der Waals surface area (Å²) in [4.78, 5) is 0. The quantitative estimate of drug-likeness (QED) is 0.0854. The Morgan fingerprint density at radius 1 is 0.707 bits per heavy atom. The third-order valence-electron chi connectivity index (χ3n) is 8.74. The van der Waals surface area contributed by atoms with Gasteiger partial charge in [0.25, 0.3) is 0 Å². The summed E-state index contributed by atoms with van der Waals surface area (Å²) in [6.45, 7) is 0. The number of hydrogen-bond donors (Lipinski definition) is 1. The van der Waals surface area contributed by atoms with Gasteiger partial charge in [-0.25, -0.2) is 5.26 Å². The van der Waals surface area contributed by atoms with Gasteiger partial charge in [0.15, 0.2) is 0 Å². The average molecular weight is 635 g/mol. The van der Waals surface area contributed by atoms with E-state index >= 15 is 0 Å². The molecule has 0 unspecified atom stereocenters. The molecule has 0 spiro atoms. The molecule has 1 aromatic rings. The highest BCUT2D eigenvalue weighted by Crippen LogP contribution is 2.55. The molecule has 3 aliphatic rings. The van der Waals surface area contributed by atoms with Gasteiger partial charge in [0.1, 0.15) is 17.8 Å².